The Balaban J connectivity index is 1.68. The van der Waals surface area contributed by atoms with Crippen LogP contribution in [0.2, 0.25) is 0 Å². The van der Waals surface area contributed by atoms with Crippen LogP contribution in [0.3, 0.4) is 0 Å². The smallest absolute Gasteiger partial charge is 0.303 e. The third kappa shape index (κ3) is 5.23. The summed E-state index contributed by atoms with van der Waals surface area (Å²) in [6.07, 6.45) is 2.14. The topological polar surface area (TPSA) is 85.1 Å². The molecular weight excluding hydrogens is 286 g/mol. The number of carbonyl (C=O) groups excluding carboxylic acids is 2. The molecule has 0 saturated carbocycles. The van der Waals surface area contributed by atoms with Crippen molar-refractivity contribution < 1.29 is 19.1 Å². The van der Waals surface area contributed by atoms with Crippen LogP contribution in [0.15, 0.2) is 0 Å². The summed E-state index contributed by atoms with van der Waals surface area (Å²) in [6, 6.07) is 0. The molecule has 0 spiro atoms. The molecule has 2 heterocycles. The summed E-state index contributed by atoms with van der Waals surface area (Å²) in [5.74, 6) is 0.0996. The first kappa shape index (κ1) is 17.2. The van der Waals surface area contributed by atoms with Gasteiger partial charge in [-0.05, 0) is 18.8 Å². The van der Waals surface area contributed by atoms with Crippen molar-refractivity contribution in [3.05, 3.63) is 0 Å². The van der Waals surface area contributed by atoms with Gasteiger partial charge in [0.25, 0.3) is 5.91 Å². The van der Waals surface area contributed by atoms with Gasteiger partial charge < -0.3 is 20.1 Å². The second-order valence-corrected chi connectivity index (χ2v) is 6.09. The quantitative estimate of drug-likeness (QED) is 0.685. The number of hydrogen-bond acceptors (Lipinski definition) is 6. The van der Waals surface area contributed by atoms with Crippen LogP contribution in [0.1, 0.15) is 19.8 Å². The van der Waals surface area contributed by atoms with Crippen LogP contribution < -0.4 is 5.73 Å². The number of rotatable bonds is 5. The number of esters is 1. The van der Waals surface area contributed by atoms with E-state index < -0.39 is 5.97 Å². The van der Waals surface area contributed by atoms with Gasteiger partial charge in [-0.1, -0.05) is 0 Å². The SMILES string of the molecule is CC(=O)OCC(=O)N1CCC(CN2CCOC(CN)C2)CC1. The molecule has 2 aliphatic heterocycles. The van der Waals surface area contributed by atoms with E-state index in [1.54, 1.807) is 4.90 Å². The summed E-state index contributed by atoms with van der Waals surface area (Å²) >= 11 is 0. The summed E-state index contributed by atoms with van der Waals surface area (Å²) in [7, 11) is 0. The summed E-state index contributed by atoms with van der Waals surface area (Å²) in [4.78, 5) is 26.8. The number of likely N-dealkylation sites (tertiary alicyclic amines) is 1. The van der Waals surface area contributed by atoms with Gasteiger partial charge in [0.2, 0.25) is 0 Å². The maximum Gasteiger partial charge on any atom is 0.303 e. The van der Waals surface area contributed by atoms with Crippen LogP contribution in [-0.2, 0) is 19.1 Å². The predicted molar refractivity (Wildman–Crippen MR) is 81.2 cm³/mol. The second-order valence-electron chi connectivity index (χ2n) is 6.09. The molecule has 0 bridgehead atoms. The number of carbonyl (C=O) groups is 2. The van der Waals surface area contributed by atoms with E-state index >= 15 is 0 Å². The number of amides is 1. The van der Waals surface area contributed by atoms with Crippen molar-refractivity contribution in [2.75, 3.05) is 52.5 Å². The number of nitrogens with two attached hydrogens (primary N) is 1. The van der Waals surface area contributed by atoms with Crippen molar-refractivity contribution in [3.63, 3.8) is 0 Å². The van der Waals surface area contributed by atoms with Crippen LogP contribution in [0, 0.1) is 5.92 Å². The summed E-state index contributed by atoms with van der Waals surface area (Å²) < 4.78 is 10.3. The Morgan fingerprint density at radius 1 is 1.27 bits per heavy atom. The number of ether oxygens (including phenoxy) is 2. The Morgan fingerprint density at radius 2 is 2.00 bits per heavy atom. The van der Waals surface area contributed by atoms with Crippen molar-refractivity contribution in [1.29, 1.82) is 0 Å². The Bertz CT molecular complexity index is 383. The van der Waals surface area contributed by atoms with Gasteiger partial charge in [0, 0.05) is 46.2 Å². The first-order valence-electron chi connectivity index (χ1n) is 8.03. The van der Waals surface area contributed by atoms with E-state index in [1.807, 2.05) is 0 Å². The Labute approximate surface area is 131 Å². The minimum Gasteiger partial charge on any atom is -0.456 e. The zero-order valence-corrected chi connectivity index (χ0v) is 13.3. The molecule has 22 heavy (non-hydrogen) atoms. The lowest BCUT2D eigenvalue weighted by atomic mass is 9.96. The lowest BCUT2D eigenvalue weighted by Crippen LogP contribution is -2.49. The molecule has 7 nitrogen and oxygen atoms in total. The molecule has 2 rings (SSSR count). The largest absolute Gasteiger partial charge is 0.456 e. The van der Waals surface area contributed by atoms with E-state index in [-0.39, 0.29) is 18.6 Å². The third-order valence-electron chi connectivity index (χ3n) is 4.37. The minimum absolute atomic E-state index is 0.0942. The highest BCUT2D eigenvalue weighted by molar-refractivity contribution is 5.80. The van der Waals surface area contributed by atoms with Crippen LogP contribution in [0.4, 0.5) is 0 Å². The normalized spacial score (nSPS) is 24.3. The van der Waals surface area contributed by atoms with E-state index in [4.69, 9.17) is 15.2 Å². The van der Waals surface area contributed by atoms with Crippen LogP contribution >= 0.6 is 0 Å². The molecule has 0 aromatic carbocycles. The van der Waals surface area contributed by atoms with Crippen LogP contribution in [0.25, 0.3) is 0 Å². The molecule has 1 atom stereocenters. The van der Waals surface area contributed by atoms with Crippen molar-refractivity contribution in [2.45, 2.75) is 25.9 Å². The fraction of sp³-hybridized carbons (Fsp3) is 0.867. The molecule has 2 aliphatic rings. The van der Waals surface area contributed by atoms with Crippen molar-refractivity contribution in [2.24, 2.45) is 11.7 Å². The summed E-state index contributed by atoms with van der Waals surface area (Å²) in [5, 5.41) is 0. The van der Waals surface area contributed by atoms with E-state index in [1.165, 1.54) is 6.92 Å². The number of piperidine rings is 1. The molecule has 0 aromatic rings. The molecule has 0 aromatic heterocycles. The highest BCUT2D eigenvalue weighted by Gasteiger charge is 2.26. The standard InChI is InChI=1S/C15H27N3O4/c1-12(19)22-11-15(20)18-4-2-13(3-5-18)9-17-6-7-21-14(8-16)10-17/h13-14H,2-11,16H2,1H3. The van der Waals surface area contributed by atoms with Crippen LogP contribution in [-0.4, -0.2) is 80.3 Å². The molecule has 1 amide bonds. The monoisotopic (exact) mass is 313 g/mol. The molecule has 0 radical (unpaired) electrons. The van der Waals surface area contributed by atoms with Gasteiger partial charge in [0.1, 0.15) is 0 Å². The van der Waals surface area contributed by atoms with Crippen molar-refractivity contribution in [1.82, 2.24) is 9.80 Å². The van der Waals surface area contributed by atoms with Gasteiger partial charge in [-0.25, -0.2) is 0 Å². The number of morpholine rings is 1. The molecule has 7 heteroatoms. The maximum atomic E-state index is 11.9. The molecule has 2 fully saturated rings. The summed E-state index contributed by atoms with van der Waals surface area (Å²) in [6.45, 7) is 6.90. The second kappa shape index (κ2) is 8.45. The van der Waals surface area contributed by atoms with Gasteiger partial charge in [-0.2, -0.15) is 0 Å². The molecule has 2 saturated heterocycles. The van der Waals surface area contributed by atoms with E-state index in [2.05, 4.69) is 4.90 Å². The Hall–Kier alpha value is -1.18. The van der Waals surface area contributed by atoms with Gasteiger partial charge >= 0.3 is 5.97 Å². The lowest BCUT2D eigenvalue weighted by molar-refractivity contribution is -0.150. The first-order chi connectivity index (χ1) is 10.6. The zero-order valence-electron chi connectivity index (χ0n) is 13.3. The van der Waals surface area contributed by atoms with E-state index in [9.17, 15) is 9.59 Å². The average molecular weight is 313 g/mol. The molecule has 126 valence electrons. The predicted octanol–water partition coefficient (Wildman–Crippen LogP) is -0.552. The highest BCUT2D eigenvalue weighted by atomic mass is 16.5. The fourth-order valence-corrected chi connectivity index (χ4v) is 3.07. The van der Waals surface area contributed by atoms with Crippen LogP contribution in [0.5, 0.6) is 0 Å². The highest BCUT2D eigenvalue weighted by Crippen LogP contribution is 2.19. The van der Waals surface area contributed by atoms with E-state index in [0.717, 1.165) is 52.2 Å². The minimum atomic E-state index is -0.412. The number of nitrogens with zero attached hydrogens (tertiary/aromatic N) is 2. The number of hydrogen-bond donors (Lipinski definition) is 1. The van der Waals surface area contributed by atoms with Gasteiger partial charge in [0.05, 0.1) is 12.7 Å². The maximum absolute atomic E-state index is 11.9. The molecule has 0 aliphatic carbocycles. The third-order valence-corrected chi connectivity index (χ3v) is 4.37. The summed E-state index contributed by atoms with van der Waals surface area (Å²) in [5.41, 5.74) is 5.67. The molecular formula is C15H27N3O4. The molecule has 1 unspecified atom stereocenters. The van der Waals surface area contributed by atoms with Crippen molar-refractivity contribution >= 4 is 11.9 Å². The fourth-order valence-electron chi connectivity index (χ4n) is 3.07. The first-order valence-corrected chi connectivity index (χ1v) is 8.03. The van der Waals surface area contributed by atoms with Crippen molar-refractivity contribution in [3.8, 4) is 0 Å². The van der Waals surface area contributed by atoms with Gasteiger partial charge in [0.15, 0.2) is 6.61 Å². The van der Waals surface area contributed by atoms with Gasteiger partial charge in [-0.3, -0.25) is 14.5 Å². The van der Waals surface area contributed by atoms with Gasteiger partial charge in [-0.15, -0.1) is 0 Å². The Kier molecular flexibility index (Phi) is 6.60. The zero-order chi connectivity index (χ0) is 15.9. The Morgan fingerprint density at radius 3 is 2.64 bits per heavy atom. The average Bonchev–Trinajstić information content (AvgIpc) is 2.53. The van der Waals surface area contributed by atoms with E-state index in [0.29, 0.717) is 12.5 Å². The lowest BCUT2D eigenvalue weighted by Gasteiger charge is -2.37. The molecule has 2 N–H and O–H groups in total.